The van der Waals surface area contributed by atoms with Gasteiger partial charge in [-0.05, 0) is 41.3 Å². The number of pyridine rings is 1. The summed E-state index contributed by atoms with van der Waals surface area (Å²) in [4.78, 5) is 20.0. The first-order valence-corrected chi connectivity index (χ1v) is 8.98. The van der Waals surface area contributed by atoms with Gasteiger partial charge in [-0.3, -0.25) is 4.79 Å². The Balaban J connectivity index is 1.51. The van der Waals surface area contributed by atoms with Crippen molar-refractivity contribution in [3.8, 4) is 0 Å². The standard InChI is InChI=1S/C19H17N5OS/c20-13-3-1-2-12(10-13)11-23-18(25)15-6-9-26-19(15)24-16-5-8-22-17-14(16)4-7-21-17/h1-10H,11,20H2,(H,23,25)(H2,21,22,24). The van der Waals surface area contributed by atoms with Crippen molar-refractivity contribution >= 4 is 44.7 Å². The number of thiophene rings is 1. The van der Waals surface area contributed by atoms with Crippen LogP contribution in [0.25, 0.3) is 11.0 Å². The van der Waals surface area contributed by atoms with Crippen molar-refractivity contribution in [3.63, 3.8) is 0 Å². The number of amides is 1. The van der Waals surface area contributed by atoms with E-state index in [1.807, 2.05) is 54.0 Å². The molecule has 0 atom stereocenters. The maximum Gasteiger partial charge on any atom is 0.254 e. The van der Waals surface area contributed by atoms with Gasteiger partial charge in [0.15, 0.2) is 0 Å². The second-order valence-corrected chi connectivity index (χ2v) is 6.73. The van der Waals surface area contributed by atoms with Crippen LogP contribution in [-0.2, 0) is 6.54 Å². The van der Waals surface area contributed by atoms with E-state index in [0.717, 1.165) is 27.3 Å². The molecule has 1 amide bonds. The van der Waals surface area contributed by atoms with Crippen LogP contribution in [0.4, 0.5) is 16.4 Å². The number of aromatic nitrogens is 2. The number of anilines is 3. The molecule has 4 aromatic rings. The summed E-state index contributed by atoms with van der Waals surface area (Å²) in [6.45, 7) is 0.427. The zero-order chi connectivity index (χ0) is 17.9. The summed E-state index contributed by atoms with van der Waals surface area (Å²) in [6, 6.07) is 13.2. The summed E-state index contributed by atoms with van der Waals surface area (Å²) in [7, 11) is 0. The molecule has 0 radical (unpaired) electrons. The predicted molar refractivity (Wildman–Crippen MR) is 106 cm³/mol. The highest BCUT2D eigenvalue weighted by Gasteiger charge is 2.14. The van der Waals surface area contributed by atoms with Crippen LogP contribution in [0.5, 0.6) is 0 Å². The van der Waals surface area contributed by atoms with Gasteiger partial charge in [-0.1, -0.05) is 12.1 Å². The zero-order valence-corrected chi connectivity index (χ0v) is 14.6. The van der Waals surface area contributed by atoms with Crippen molar-refractivity contribution in [1.29, 1.82) is 0 Å². The molecule has 0 bridgehead atoms. The maximum absolute atomic E-state index is 12.6. The van der Waals surface area contributed by atoms with Crippen molar-refractivity contribution in [2.24, 2.45) is 0 Å². The van der Waals surface area contributed by atoms with Gasteiger partial charge in [-0.25, -0.2) is 4.98 Å². The molecule has 4 rings (SSSR count). The molecule has 3 aromatic heterocycles. The van der Waals surface area contributed by atoms with E-state index in [0.29, 0.717) is 17.8 Å². The number of aromatic amines is 1. The molecule has 0 saturated heterocycles. The molecule has 3 heterocycles. The van der Waals surface area contributed by atoms with Gasteiger partial charge in [-0.2, -0.15) is 0 Å². The number of rotatable bonds is 5. The van der Waals surface area contributed by atoms with Crippen molar-refractivity contribution < 1.29 is 4.79 Å². The van der Waals surface area contributed by atoms with Crippen LogP contribution >= 0.6 is 11.3 Å². The number of benzene rings is 1. The van der Waals surface area contributed by atoms with Crippen LogP contribution in [0.3, 0.4) is 0 Å². The Kier molecular flexibility index (Phi) is 4.28. The van der Waals surface area contributed by atoms with Gasteiger partial charge in [0.05, 0.1) is 11.3 Å². The van der Waals surface area contributed by atoms with Gasteiger partial charge in [0.25, 0.3) is 5.91 Å². The van der Waals surface area contributed by atoms with Crippen LogP contribution in [0.2, 0.25) is 0 Å². The summed E-state index contributed by atoms with van der Waals surface area (Å²) in [5.74, 6) is -0.129. The molecule has 130 valence electrons. The molecule has 0 fully saturated rings. The van der Waals surface area contributed by atoms with Gasteiger partial charge in [0, 0.05) is 30.0 Å². The Hall–Kier alpha value is -3.32. The molecular weight excluding hydrogens is 346 g/mol. The van der Waals surface area contributed by atoms with Crippen molar-refractivity contribution in [2.75, 3.05) is 11.1 Å². The number of nitrogens with two attached hydrogens (primary N) is 1. The van der Waals surface area contributed by atoms with Crippen LogP contribution in [-0.4, -0.2) is 15.9 Å². The van der Waals surface area contributed by atoms with Gasteiger partial charge in [-0.15, -0.1) is 11.3 Å². The number of nitrogens with one attached hydrogen (secondary N) is 3. The summed E-state index contributed by atoms with van der Waals surface area (Å²) in [5.41, 5.74) is 9.75. The molecule has 7 heteroatoms. The largest absolute Gasteiger partial charge is 0.399 e. The van der Waals surface area contributed by atoms with E-state index in [2.05, 4.69) is 20.6 Å². The van der Waals surface area contributed by atoms with E-state index in [4.69, 9.17) is 5.73 Å². The Labute approximate surface area is 154 Å². The Bertz CT molecular complexity index is 1070. The topological polar surface area (TPSA) is 95.8 Å². The van der Waals surface area contributed by atoms with E-state index in [1.54, 1.807) is 6.20 Å². The molecule has 0 aliphatic carbocycles. The Morgan fingerprint density at radius 3 is 3.04 bits per heavy atom. The van der Waals surface area contributed by atoms with Crippen molar-refractivity contribution in [2.45, 2.75) is 6.54 Å². The third-order valence-corrected chi connectivity index (χ3v) is 4.85. The molecule has 0 saturated carbocycles. The average Bonchev–Trinajstić information content (AvgIpc) is 3.29. The number of nitrogen functional groups attached to an aromatic ring is 1. The highest BCUT2D eigenvalue weighted by atomic mass is 32.1. The predicted octanol–water partition coefficient (Wildman–Crippen LogP) is 3.88. The fraction of sp³-hybridized carbons (Fsp3) is 0.0526. The van der Waals surface area contributed by atoms with Crippen molar-refractivity contribution in [1.82, 2.24) is 15.3 Å². The Morgan fingerprint density at radius 2 is 2.15 bits per heavy atom. The third-order valence-electron chi connectivity index (χ3n) is 4.02. The smallest absolute Gasteiger partial charge is 0.254 e. The minimum absolute atomic E-state index is 0.129. The lowest BCUT2D eigenvalue weighted by Gasteiger charge is -2.09. The van der Waals surface area contributed by atoms with E-state index in [-0.39, 0.29) is 5.91 Å². The summed E-state index contributed by atoms with van der Waals surface area (Å²) in [6.07, 6.45) is 3.57. The fourth-order valence-electron chi connectivity index (χ4n) is 2.76. The van der Waals surface area contributed by atoms with E-state index < -0.39 is 0 Å². The lowest BCUT2D eigenvalue weighted by atomic mass is 10.2. The number of carbonyl (C=O) groups is 1. The molecule has 1 aromatic carbocycles. The number of nitrogens with zero attached hydrogens (tertiary/aromatic N) is 1. The first-order chi connectivity index (χ1) is 12.7. The molecule has 6 nitrogen and oxygen atoms in total. The highest BCUT2D eigenvalue weighted by Crippen LogP contribution is 2.30. The first kappa shape index (κ1) is 16.2. The normalized spacial score (nSPS) is 10.8. The Morgan fingerprint density at radius 1 is 1.23 bits per heavy atom. The minimum atomic E-state index is -0.129. The quantitative estimate of drug-likeness (QED) is 0.405. The number of hydrogen-bond acceptors (Lipinski definition) is 5. The second-order valence-electron chi connectivity index (χ2n) is 5.81. The van der Waals surface area contributed by atoms with Gasteiger partial charge in [0.2, 0.25) is 0 Å². The average molecular weight is 363 g/mol. The monoisotopic (exact) mass is 363 g/mol. The number of hydrogen-bond donors (Lipinski definition) is 4. The highest BCUT2D eigenvalue weighted by molar-refractivity contribution is 7.14. The van der Waals surface area contributed by atoms with Crippen LogP contribution < -0.4 is 16.4 Å². The fourth-order valence-corrected chi connectivity index (χ4v) is 3.55. The first-order valence-electron chi connectivity index (χ1n) is 8.10. The SMILES string of the molecule is Nc1cccc(CNC(=O)c2ccsc2Nc2ccnc3[nH]ccc23)c1. The number of H-pyrrole nitrogens is 1. The molecule has 0 aliphatic heterocycles. The molecule has 26 heavy (non-hydrogen) atoms. The van der Waals surface area contributed by atoms with Crippen molar-refractivity contribution in [3.05, 3.63) is 71.4 Å². The van der Waals surface area contributed by atoms with Gasteiger partial charge < -0.3 is 21.4 Å². The summed E-state index contributed by atoms with van der Waals surface area (Å²) in [5, 5.41) is 9.96. The molecular formula is C19H17N5OS. The maximum atomic E-state index is 12.6. The second kappa shape index (κ2) is 6.89. The van der Waals surface area contributed by atoms with Crippen LogP contribution in [0.1, 0.15) is 15.9 Å². The van der Waals surface area contributed by atoms with Gasteiger partial charge in [0.1, 0.15) is 10.6 Å². The lowest BCUT2D eigenvalue weighted by Crippen LogP contribution is -2.23. The van der Waals surface area contributed by atoms with E-state index >= 15 is 0 Å². The zero-order valence-electron chi connectivity index (χ0n) is 13.8. The minimum Gasteiger partial charge on any atom is -0.399 e. The molecule has 0 aliphatic rings. The van der Waals surface area contributed by atoms with Crippen LogP contribution in [0, 0.1) is 0 Å². The number of carbonyl (C=O) groups excluding carboxylic acids is 1. The third kappa shape index (κ3) is 3.25. The van der Waals surface area contributed by atoms with E-state index in [1.165, 1.54) is 11.3 Å². The van der Waals surface area contributed by atoms with Crippen LogP contribution in [0.15, 0.2) is 60.2 Å². The summed E-state index contributed by atoms with van der Waals surface area (Å²) >= 11 is 1.49. The van der Waals surface area contributed by atoms with E-state index in [9.17, 15) is 4.79 Å². The van der Waals surface area contributed by atoms with Gasteiger partial charge >= 0.3 is 0 Å². The molecule has 0 spiro atoms. The molecule has 5 N–H and O–H groups in total. The molecule has 0 unspecified atom stereocenters. The number of fused-ring (bicyclic) bond motifs is 1. The summed E-state index contributed by atoms with van der Waals surface area (Å²) < 4.78 is 0. The lowest BCUT2D eigenvalue weighted by molar-refractivity contribution is 0.0952.